The van der Waals surface area contributed by atoms with E-state index >= 15 is 0 Å². The number of aliphatic hydroxyl groups is 2. The van der Waals surface area contributed by atoms with E-state index in [0.29, 0.717) is 0 Å². The summed E-state index contributed by atoms with van der Waals surface area (Å²) in [4.78, 5) is 22.4. The lowest BCUT2D eigenvalue weighted by atomic mass is 9.72. The molecule has 4 N–H and O–H groups in total. The molecule has 100 valence electrons. The Hall–Kier alpha value is -1.66. The van der Waals surface area contributed by atoms with E-state index in [1.54, 1.807) is 0 Å². The molecule has 0 heterocycles. The minimum absolute atomic E-state index is 0.0237. The number of aliphatic carboxylic acids is 2. The third kappa shape index (κ3) is 2.44. The van der Waals surface area contributed by atoms with Gasteiger partial charge in [-0.3, -0.25) is 9.59 Å². The first-order chi connectivity index (χ1) is 8.42. The Bertz CT molecular complexity index is 345. The van der Waals surface area contributed by atoms with Crippen molar-refractivity contribution in [1.82, 2.24) is 0 Å². The normalized spacial score (nSPS) is 30.3. The molecule has 0 spiro atoms. The summed E-state index contributed by atoms with van der Waals surface area (Å²) in [6.45, 7) is -0.637. The first kappa shape index (κ1) is 14.4. The summed E-state index contributed by atoms with van der Waals surface area (Å²) in [5, 5.41) is 36.1. The maximum Gasteiger partial charge on any atom is 0.317 e. The summed E-state index contributed by atoms with van der Waals surface area (Å²) in [7, 11) is 0. The molecule has 6 heteroatoms. The van der Waals surface area contributed by atoms with E-state index in [1.807, 2.05) is 0 Å². The number of rotatable bonds is 6. The molecule has 0 amide bonds. The molecule has 0 saturated heterocycles. The van der Waals surface area contributed by atoms with E-state index in [9.17, 15) is 9.59 Å². The van der Waals surface area contributed by atoms with Gasteiger partial charge in [0.05, 0.1) is 0 Å². The highest BCUT2D eigenvalue weighted by Crippen LogP contribution is 2.38. The van der Waals surface area contributed by atoms with E-state index in [2.05, 4.69) is 0 Å². The number of carboxylic acid groups (broad SMARTS) is 2. The Morgan fingerprint density at radius 3 is 1.22 bits per heavy atom. The molecular weight excluding hydrogens is 240 g/mol. The first-order valence-corrected chi connectivity index (χ1v) is 5.52. The number of hydrogen-bond donors (Lipinski definition) is 4. The smallest absolute Gasteiger partial charge is 0.317 e. The largest absolute Gasteiger partial charge is 0.480 e. The van der Waals surface area contributed by atoms with Crippen molar-refractivity contribution >= 4 is 11.9 Å². The third-order valence-electron chi connectivity index (χ3n) is 3.20. The standard InChI is InChI=1S/C12H16O6/c13-7-5-11(9(15)16)1-2-12(4-3-11,6-8-14)10(17)18/h1-4,13-14H,5-8H2,(H,15,16)(H,17,18). The topological polar surface area (TPSA) is 115 Å². The molecule has 1 aliphatic carbocycles. The maximum absolute atomic E-state index is 11.2. The minimum atomic E-state index is -1.37. The third-order valence-corrected chi connectivity index (χ3v) is 3.20. The highest BCUT2D eigenvalue weighted by atomic mass is 16.4. The van der Waals surface area contributed by atoms with Crippen LogP contribution in [0, 0.1) is 10.8 Å². The van der Waals surface area contributed by atoms with Crippen molar-refractivity contribution in [1.29, 1.82) is 0 Å². The molecule has 0 fully saturated rings. The summed E-state index contributed by atoms with van der Waals surface area (Å²) >= 11 is 0. The van der Waals surface area contributed by atoms with Crippen LogP contribution in [0.25, 0.3) is 0 Å². The second kappa shape index (κ2) is 5.32. The molecule has 0 aromatic heterocycles. The predicted molar refractivity (Wildman–Crippen MR) is 61.8 cm³/mol. The van der Waals surface area contributed by atoms with E-state index in [-0.39, 0.29) is 26.1 Å². The second-order valence-corrected chi connectivity index (χ2v) is 4.30. The lowest BCUT2D eigenvalue weighted by molar-refractivity contribution is -0.147. The van der Waals surface area contributed by atoms with Gasteiger partial charge < -0.3 is 20.4 Å². The van der Waals surface area contributed by atoms with Gasteiger partial charge in [-0.25, -0.2) is 0 Å². The van der Waals surface area contributed by atoms with E-state index < -0.39 is 22.8 Å². The monoisotopic (exact) mass is 256 g/mol. The van der Waals surface area contributed by atoms with Crippen molar-refractivity contribution < 1.29 is 30.0 Å². The molecule has 0 unspecified atom stereocenters. The Morgan fingerprint density at radius 2 is 1.06 bits per heavy atom. The quantitative estimate of drug-likeness (QED) is 0.498. The minimum Gasteiger partial charge on any atom is -0.480 e. The molecule has 0 aromatic carbocycles. The summed E-state index contributed by atoms with van der Waals surface area (Å²) < 4.78 is 0. The molecule has 0 aromatic rings. The van der Waals surface area contributed by atoms with Gasteiger partial charge in [0.2, 0.25) is 0 Å². The van der Waals surface area contributed by atoms with Crippen LogP contribution in [-0.4, -0.2) is 45.6 Å². The van der Waals surface area contributed by atoms with Crippen LogP contribution in [-0.2, 0) is 9.59 Å². The molecule has 18 heavy (non-hydrogen) atoms. The fraction of sp³-hybridized carbons (Fsp3) is 0.500. The Labute approximate surface area is 104 Å². The lowest BCUT2D eigenvalue weighted by Crippen LogP contribution is -2.36. The summed E-state index contributed by atoms with van der Waals surface area (Å²) in [6, 6.07) is 0. The molecule has 0 bridgehead atoms. The second-order valence-electron chi connectivity index (χ2n) is 4.30. The van der Waals surface area contributed by atoms with Gasteiger partial charge in [-0.1, -0.05) is 24.3 Å². The van der Waals surface area contributed by atoms with Crippen LogP contribution >= 0.6 is 0 Å². The van der Waals surface area contributed by atoms with Gasteiger partial charge in [0, 0.05) is 13.2 Å². The molecule has 1 aliphatic rings. The molecule has 1 rings (SSSR count). The van der Waals surface area contributed by atoms with Crippen molar-refractivity contribution in [3.05, 3.63) is 24.3 Å². The Morgan fingerprint density at radius 1 is 0.778 bits per heavy atom. The van der Waals surface area contributed by atoms with Crippen LogP contribution < -0.4 is 0 Å². The van der Waals surface area contributed by atoms with Gasteiger partial charge in [-0.05, 0) is 12.8 Å². The van der Waals surface area contributed by atoms with Crippen molar-refractivity contribution in [2.24, 2.45) is 10.8 Å². The van der Waals surface area contributed by atoms with Gasteiger partial charge in [0.25, 0.3) is 0 Å². The number of hydrogen-bond acceptors (Lipinski definition) is 4. The zero-order valence-corrected chi connectivity index (χ0v) is 9.74. The van der Waals surface area contributed by atoms with Crippen LogP contribution in [0.15, 0.2) is 24.3 Å². The lowest BCUT2D eigenvalue weighted by Gasteiger charge is -2.31. The molecule has 0 aliphatic heterocycles. The van der Waals surface area contributed by atoms with Crippen molar-refractivity contribution in [2.45, 2.75) is 12.8 Å². The number of carbonyl (C=O) groups is 2. The molecular formula is C12H16O6. The first-order valence-electron chi connectivity index (χ1n) is 5.52. The number of carboxylic acids is 2. The predicted octanol–water partition coefficient (Wildman–Crippen LogP) is 0.0192. The molecule has 0 atom stereocenters. The molecule has 6 nitrogen and oxygen atoms in total. The fourth-order valence-electron chi connectivity index (χ4n) is 1.91. The van der Waals surface area contributed by atoms with Crippen molar-refractivity contribution in [3.63, 3.8) is 0 Å². The highest BCUT2D eigenvalue weighted by molar-refractivity contribution is 5.84. The highest BCUT2D eigenvalue weighted by Gasteiger charge is 2.42. The zero-order valence-electron chi connectivity index (χ0n) is 9.74. The van der Waals surface area contributed by atoms with Crippen LogP contribution in [0.1, 0.15) is 12.8 Å². The van der Waals surface area contributed by atoms with Gasteiger partial charge in [-0.2, -0.15) is 0 Å². The van der Waals surface area contributed by atoms with E-state index in [4.69, 9.17) is 20.4 Å². The van der Waals surface area contributed by atoms with Crippen LogP contribution in [0.4, 0.5) is 0 Å². The van der Waals surface area contributed by atoms with Crippen LogP contribution in [0.2, 0.25) is 0 Å². The van der Waals surface area contributed by atoms with E-state index in [1.165, 1.54) is 24.3 Å². The summed E-state index contributed by atoms with van der Waals surface area (Å²) in [6.07, 6.45) is 5.05. The average molecular weight is 256 g/mol. The van der Waals surface area contributed by atoms with Crippen LogP contribution in [0.5, 0.6) is 0 Å². The fourth-order valence-corrected chi connectivity index (χ4v) is 1.91. The molecule has 0 saturated carbocycles. The average Bonchev–Trinajstić information content (AvgIpc) is 2.32. The van der Waals surface area contributed by atoms with Gasteiger partial charge >= 0.3 is 11.9 Å². The number of aliphatic hydroxyl groups excluding tert-OH is 2. The Kier molecular flexibility index (Phi) is 4.26. The van der Waals surface area contributed by atoms with Gasteiger partial charge in [0.1, 0.15) is 10.8 Å². The van der Waals surface area contributed by atoms with Gasteiger partial charge in [0.15, 0.2) is 0 Å². The summed E-state index contributed by atoms with van der Waals surface area (Å²) in [5.74, 6) is -2.29. The van der Waals surface area contributed by atoms with Crippen molar-refractivity contribution in [3.8, 4) is 0 Å². The van der Waals surface area contributed by atoms with E-state index in [0.717, 1.165) is 0 Å². The van der Waals surface area contributed by atoms with Crippen LogP contribution in [0.3, 0.4) is 0 Å². The maximum atomic E-state index is 11.2. The zero-order chi connectivity index (χ0) is 13.8. The SMILES string of the molecule is O=C(O)C1(CCO)C=CC(CCO)(C(=O)O)C=C1. The van der Waals surface area contributed by atoms with Gasteiger partial charge in [-0.15, -0.1) is 0 Å². The summed E-state index contributed by atoms with van der Waals surface area (Å²) in [5.41, 5.74) is -2.74. The van der Waals surface area contributed by atoms with Crippen molar-refractivity contribution in [2.75, 3.05) is 13.2 Å². The molecule has 0 radical (unpaired) electrons. The Balaban J connectivity index is 3.09.